The summed E-state index contributed by atoms with van der Waals surface area (Å²) in [5.41, 5.74) is 0. The van der Waals surface area contributed by atoms with Gasteiger partial charge in [-0.05, 0) is 21.0 Å². The molecule has 0 aliphatic rings. The third-order valence-electron chi connectivity index (χ3n) is 2.11. The summed E-state index contributed by atoms with van der Waals surface area (Å²) in [6, 6.07) is 0.353. The predicted molar refractivity (Wildman–Crippen MR) is 72.4 cm³/mol. The van der Waals surface area contributed by atoms with Crippen LogP contribution in [0.5, 0.6) is 6.01 Å². The van der Waals surface area contributed by atoms with Gasteiger partial charge < -0.3 is 19.9 Å². The third-order valence-corrected chi connectivity index (χ3v) is 2.11. The van der Waals surface area contributed by atoms with E-state index in [2.05, 4.69) is 20.3 Å². The average molecular weight is 254 g/mol. The lowest BCUT2D eigenvalue weighted by atomic mass is 10.6. The highest BCUT2D eigenvalue weighted by molar-refractivity contribution is 5.36. The SMILES string of the molecule is CCNc1nc(OCCN(C)C)nc(N(C)C)n1. The van der Waals surface area contributed by atoms with Crippen molar-refractivity contribution in [3.8, 4) is 6.01 Å². The maximum atomic E-state index is 5.52. The molecule has 0 saturated heterocycles. The molecule has 1 heterocycles. The Morgan fingerprint density at radius 3 is 2.39 bits per heavy atom. The van der Waals surface area contributed by atoms with Crippen LogP contribution in [-0.4, -0.2) is 67.7 Å². The molecule has 0 radical (unpaired) electrons. The van der Waals surface area contributed by atoms with Crippen LogP contribution in [0.1, 0.15) is 6.92 Å². The monoisotopic (exact) mass is 254 g/mol. The van der Waals surface area contributed by atoms with E-state index in [1.807, 2.05) is 44.9 Å². The predicted octanol–water partition coefficient (Wildman–Crippen LogP) is 0.310. The van der Waals surface area contributed by atoms with Crippen molar-refractivity contribution >= 4 is 11.9 Å². The molecule has 1 N–H and O–H groups in total. The van der Waals surface area contributed by atoms with Gasteiger partial charge in [0.15, 0.2) is 0 Å². The van der Waals surface area contributed by atoms with Crippen LogP contribution in [0.3, 0.4) is 0 Å². The van der Waals surface area contributed by atoms with E-state index in [4.69, 9.17) is 4.74 Å². The lowest BCUT2D eigenvalue weighted by molar-refractivity contribution is 0.245. The number of aromatic nitrogens is 3. The second-order valence-corrected chi connectivity index (χ2v) is 4.32. The van der Waals surface area contributed by atoms with Crippen molar-refractivity contribution in [1.29, 1.82) is 0 Å². The minimum Gasteiger partial charge on any atom is -0.462 e. The third kappa shape index (κ3) is 4.70. The van der Waals surface area contributed by atoms with Gasteiger partial charge in [-0.25, -0.2) is 0 Å². The van der Waals surface area contributed by atoms with E-state index in [1.54, 1.807) is 0 Å². The Hall–Kier alpha value is -1.63. The first-order valence-corrected chi connectivity index (χ1v) is 5.97. The Balaban J connectivity index is 2.75. The molecule has 0 aliphatic heterocycles. The van der Waals surface area contributed by atoms with Crippen molar-refractivity contribution in [2.75, 3.05) is 58.1 Å². The van der Waals surface area contributed by atoms with Crippen LogP contribution >= 0.6 is 0 Å². The second-order valence-electron chi connectivity index (χ2n) is 4.32. The van der Waals surface area contributed by atoms with Gasteiger partial charge in [0.2, 0.25) is 11.9 Å². The fourth-order valence-corrected chi connectivity index (χ4v) is 1.17. The summed E-state index contributed by atoms with van der Waals surface area (Å²) in [7, 11) is 7.75. The van der Waals surface area contributed by atoms with Crippen LogP contribution in [0.15, 0.2) is 0 Å². The summed E-state index contributed by atoms with van der Waals surface area (Å²) in [5.74, 6) is 1.12. The number of nitrogens with one attached hydrogen (secondary N) is 1. The van der Waals surface area contributed by atoms with E-state index in [0.717, 1.165) is 13.1 Å². The van der Waals surface area contributed by atoms with Crippen molar-refractivity contribution in [3.63, 3.8) is 0 Å². The molecule has 0 atom stereocenters. The molecule has 18 heavy (non-hydrogen) atoms. The Morgan fingerprint density at radius 1 is 1.11 bits per heavy atom. The minimum atomic E-state index is 0.353. The molecule has 0 saturated carbocycles. The molecule has 0 amide bonds. The van der Waals surface area contributed by atoms with E-state index in [-0.39, 0.29) is 0 Å². The maximum Gasteiger partial charge on any atom is 0.323 e. The highest BCUT2D eigenvalue weighted by Crippen LogP contribution is 2.12. The largest absolute Gasteiger partial charge is 0.462 e. The van der Waals surface area contributed by atoms with Gasteiger partial charge in [-0.3, -0.25) is 0 Å². The Labute approximate surface area is 108 Å². The van der Waals surface area contributed by atoms with Crippen LogP contribution in [0, 0.1) is 0 Å². The van der Waals surface area contributed by atoms with Crippen molar-refractivity contribution in [3.05, 3.63) is 0 Å². The molecular weight excluding hydrogens is 232 g/mol. The van der Waals surface area contributed by atoms with Crippen LogP contribution < -0.4 is 15.0 Å². The molecule has 0 aromatic carbocycles. The summed E-state index contributed by atoms with van der Waals surface area (Å²) < 4.78 is 5.52. The zero-order chi connectivity index (χ0) is 13.5. The number of rotatable bonds is 7. The van der Waals surface area contributed by atoms with Crippen LogP contribution in [-0.2, 0) is 0 Å². The van der Waals surface area contributed by atoms with Crippen LogP contribution in [0.2, 0.25) is 0 Å². The zero-order valence-corrected chi connectivity index (χ0v) is 11.8. The zero-order valence-electron chi connectivity index (χ0n) is 11.8. The van der Waals surface area contributed by atoms with E-state index in [1.165, 1.54) is 0 Å². The maximum absolute atomic E-state index is 5.52. The Bertz CT molecular complexity index is 369. The number of hydrogen-bond acceptors (Lipinski definition) is 7. The van der Waals surface area contributed by atoms with Gasteiger partial charge >= 0.3 is 6.01 Å². The number of anilines is 2. The molecule has 1 aromatic rings. The molecular formula is C11H22N6O. The molecule has 7 heteroatoms. The molecule has 1 rings (SSSR count). The first kappa shape index (κ1) is 14.4. The summed E-state index contributed by atoms with van der Waals surface area (Å²) in [5, 5.41) is 3.06. The lowest BCUT2D eigenvalue weighted by Gasteiger charge is -2.14. The highest BCUT2D eigenvalue weighted by Gasteiger charge is 2.08. The standard InChI is InChI=1S/C11H22N6O/c1-6-12-9-13-10(17(4)5)15-11(14-9)18-8-7-16(2)3/h6-8H2,1-5H3,(H,12,13,14,15). The van der Waals surface area contributed by atoms with E-state index in [9.17, 15) is 0 Å². The molecule has 102 valence electrons. The lowest BCUT2D eigenvalue weighted by Crippen LogP contribution is -2.21. The first-order valence-electron chi connectivity index (χ1n) is 5.97. The van der Waals surface area contributed by atoms with Crippen molar-refractivity contribution < 1.29 is 4.74 Å². The number of likely N-dealkylation sites (N-methyl/N-ethyl adjacent to an activating group) is 1. The number of nitrogens with zero attached hydrogens (tertiary/aromatic N) is 5. The normalized spacial score (nSPS) is 10.6. The van der Waals surface area contributed by atoms with E-state index < -0.39 is 0 Å². The van der Waals surface area contributed by atoms with Gasteiger partial charge in [-0.2, -0.15) is 15.0 Å². The van der Waals surface area contributed by atoms with Crippen LogP contribution in [0.25, 0.3) is 0 Å². The van der Waals surface area contributed by atoms with Crippen molar-refractivity contribution in [2.45, 2.75) is 6.92 Å². The topological polar surface area (TPSA) is 66.4 Å². The molecule has 0 aliphatic carbocycles. The summed E-state index contributed by atoms with van der Waals surface area (Å²) in [6.45, 7) is 4.12. The molecule has 7 nitrogen and oxygen atoms in total. The minimum absolute atomic E-state index is 0.353. The average Bonchev–Trinajstić information content (AvgIpc) is 2.28. The Morgan fingerprint density at radius 2 is 1.83 bits per heavy atom. The summed E-state index contributed by atoms with van der Waals surface area (Å²) in [4.78, 5) is 16.6. The van der Waals surface area contributed by atoms with E-state index >= 15 is 0 Å². The van der Waals surface area contributed by atoms with Gasteiger partial charge in [0.05, 0.1) is 0 Å². The molecule has 0 spiro atoms. The summed E-state index contributed by atoms with van der Waals surface area (Å²) in [6.07, 6.45) is 0. The van der Waals surface area contributed by atoms with Gasteiger partial charge in [0.25, 0.3) is 0 Å². The quantitative estimate of drug-likeness (QED) is 0.751. The van der Waals surface area contributed by atoms with Gasteiger partial charge in [0, 0.05) is 27.2 Å². The number of hydrogen-bond donors (Lipinski definition) is 1. The molecule has 0 fully saturated rings. The van der Waals surface area contributed by atoms with Gasteiger partial charge in [0.1, 0.15) is 6.61 Å². The van der Waals surface area contributed by atoms with Crippen molar-refractivity contribution in [1.82, 2.24) is 19.9 Å². The second kappa shape index (κ2) is 6.95. The number of ether oxygens (including phenoxy) is 1. The Kier molecular flexibility index (Phi) is 5.57. The fourth-order valence-electron chi connectivity index (χ4n) is 1.17. The van der Waals surface area contributed by atoms with E-state index in [0.29, 0.717) is 24.5 Å². The smallest absolute Gasteiger partial charge is 0.323 e. The first-order chi connectivity index (χ1) is 8.52. The highest BCUT2D eigenvalue weighted by atomic mass is 16.5. The summed E-state index contributed by atoms with van der Waals surface area (Å²) >= 11 is 0. The molecule has 0 unspecified atom stereocenters. The van der Waals surface area contributed by atoms with Crippen molar-refractivity contribution in [2.24, 2.45) is 0 Å². The molecule has 0 bridgehead atoms. The molecule has 1 aromatic heterocycles. The van der Waals surface area contributed by atoms with Gasteiger partial charge in [-0.15, -0.1) is 0 Å². The van der Waals surface area contributed by atoms with Gasteiger partial charge in [-0.1, -0.05) is 0 Å². The van der Waals surface area contributed by atoms with Crippen LogP contribution in [0.4, 0.5) is 11.9 Å². The fraction of sp³-hybridized carbons (Fsp3) is 0.727.